The maximum atomic E-state index is 11.3. The van der Waals surface area contributed by atoms with E-state index in [4.69, 9.17) is 4.11 Å². The average molecular weight is 279 g/mol. The lowest BCUT2D eigenvalue weighted by Gasteiger charge is -2.42. The van der Waals surface area contributed by atoms with Crippen LogP contribution >= 0.6 is 0 Å². The van der Waals surface area contributed by atoms with Gasteiger partial charge in [0.05, 0.1) is 43.2 Å². The molecule has 0 aromatic heterocycles. The summed E-state index contributed by atoms with van der Waals surface area (Å²) in [6.45, 7) is 0.362. The van der Waals surface area contributed by atoms with E-state index in [1.807, 2.05) is 31.2 Å². The Kier molecular flexibility index (Phi) is 3.45. The van der Waals surface area contributed by atoms with Crippen LogP contribution in [0.2, 0.25) is 0 Å². The van der Waals surface area contributed by atoms with Gasteiger partial charge in [-0.05, 0) is 25.3 Å². The Morgan fingerprint density at radius 1 is 1.20 bits per heavy atom. The molecule has 20 heavy (non-hydrogen) atoms. The molecule has 1 aliphatic carbocycles. The zero-order chi connectivity index (χ0) is 17.3. The number of likely N-dealkylation sites (N-methyl/N-ethyl adjacent to an activating group) is 1. The van der Waals surface area contributed by atoms with Gasteiger partial charge in [0.1, 0.15) is 0 Å². The van der Waals surface area contributed by atoms with E-state index >= 15 is 0 Å². The molecule has 2 rings (SSSR count). The second-order valence-corrected chi connectivity index (χ2v) is 7.00. The lowest BCUT2D eigenvalue weighted by atomic mass is 9.72. The predicted octanol–water partition coefficient (Wildman–Crippen LogP) is 3.48. The summed E-state index contributed by atoms with van der Waals surface area (Å²) in [7, 11) is 3.47. The van der Waals surface area contributed by atoms with Crippen molar-refractivity contribution in [3.8, 4) is 0 Å². The Bertz CT molecular complexity index is 516. The van der Waals surface area contributed by atoms with Crippen LogP contribution in [0.4, 0.5) is 0 Å². The maximum absolute atomic E-state index is 11.3. The highest BCUT2D eigenvalue weighted by molar-refractivity contribution is 5.27. The molecular formula is C18H30NO+. The van der Waals surface area contributed by atoms with E-state index < -0.39 is 12.6 Å². The van der Waals surface area contributed by atoms with E-state index in [1.165, 1.54) is 5.56 Å². The van der Waals surface area contributed by atoms with Crippen LogP contribution in [-0.4, -0.2) is 42.8 Å². The molecule has 0 saturated heterocycles. The Morgan fingerprint density at radius 2 is 1.80 bits per heavy atom. The molecule has 0 radical (unpaired) electrons. The number of hydrogen-bond acceptors (Lipinski definition) is 1. The van der Waals surface area contributed by atoms with Crippen molar-refractivity contribution in [3.63, 3.8) is 0 Å². The molecule has 1 atom stereocenters. The van der Waals surface area contributed by atoms with Crippen molar-refractivity contribution in [3.05, 3.63) is 35.4 Å². The monoisotopic (exact) mass is 279 g/mol. The number of hydrogen-bond donors (Lipinski definition) is 1. The van der Waals surface area contributed by atoms with Gasteiger partial charge in [-0.15, -0.1) is 0 Å². The molecule has 1 fully saturated rings. The summed E-state index contributed by atoms with van der Waals surface area (Å²) in [6, 6.07) is 8.19. The van der Waals surface area contributed by atoms with Crippen molar-refractivity contribution in [1.29, 1.82) is 0 Å². The number of aliphatic hydroxyl groups is 1. The topological polar surface area (TPSA) is 20.2 Å². The molecule has 2 heteroatoms. The number of aryl methyl sites for hydroxylation is 1. The molecule has 1 aromatic carbocycles. The third-order valence-corrected chi connectivity index (χ3v) is 4.49. The number of quaternary nitrogens is 1. The molecule has 0 heterocycles. The summed E-state index contributed by atoms with van der Waals surface area (Å²) in [5.74, 6) is -0.154. The molecule has 0 aliphatic heterocycles. The van der Waals surface area contributed by atoms with Crippen molar-refractivity contribution in [2.45, 2.75) is 50.5 Å². The van der Waals surface area contributed by atoms with Crippen molar-refractivity contribution < 1.29 is 13.7 Å². The molecule has 0 amide bonds. The molecule has 1 aliphatic rings. The van der Waals surface area contributed by atoms with Gasteiger partial charge in [0.15, 0.2) is 0 Å². The van der Waals surface area contributed by atoms with Crippen LogP contribution in [0, 0.1) is 6.92 Å². The largest absolute Gasteiger partial charge is 0.389 e. The maximum Gasteiger partial charge on any atom is 0.0886 e. The van der Waals surface area contributed by atoms with Crippen LogP contribution in [0.5, 0.6) is 0 Å². The Labute approximate surface area is 128 Å². The summed E-state index contributed by atoms with van der Waals surface area (Å²) in [5.41, 5.74) is 1.43. The molecular weight excluding hydrogens is 246 g/mol. The zero-order valence-electron chi connectivity index (χ0n) is 16.0. The number of nitrogens with zero attached hydrogens (tertiary/aromatic N) is 1. The second-order valence-electron chi connectivity index (χ2n) is 7.00. The van der Waals surface area contributed by atoms with Crippen LogP contribution in [0.3, 0.4) is 0 Å². The third-order valence-electron chi connectivity index (χ3n) is 4.49. The van der Waals surface area contributed by atoms with Gasteiger partial charge >= 0.3 is 0 Å². The minimum atomic E-state index is -2.09. The van der Waals surface area contributed by atoms with E-state index in [0.29, 0.717) is 6.54 Å². The lowest BCUT2D eigenvalue weighted by Crippen LogP contribution is -2.48. The van der Waals surface area contributed by atoms with Gasteiger partial charge in [0.2, 0.25) is 0 Å². The summed E-state index contributed by atoms with van der Waals surface area (Å²) in [6.07, 6.45) is 4.69. The fourth-order valence-corrected chi connectivity index (χ4v) is 3.35. The molecule has 1 aromatic rings. The van der Waals surface area contributed by atoms with E-state index in [9.17, 15) is 5.11 Å². The van der Waals surface area contributed by atoms with Crippen molar-refractivity contribution in [2.75, 3.05) is 27.6 Å². The number of benzene rings is 1. The minimum Gasteiger partial charge on any atom is -0.389 e. The van der Waals surface area contributed by atoms with Crippen molar-refractivity contribution in [2.24, 2.45) is 0 Å². The second kappa shape index (κ2) is 5.87. The third kappa shape index (κ3) is 3.83. The highest BCUT2D eigenvalue weighted by atomic mass is 16.3. The van der Waals surface area contributed by atoms with Crippen molar-refractivity contribution >= 4 is 0 Å². The summed E-state index contributed by atoms with van der Waals surface area (Å²) >= 11 is 0. The van der Waals surface area contributed by atoms with Crippen LogP contribution in [0.1, 0.15) is 53.3 Å². The molecule has 1 saturated carbocycles. The molecule has 1 N–H and O–H groups in total. The van der Waals surface area contributed by atoms with E-state index in [2.05, 4.69) is 0 Å². The van der Waals surface area contributed by atoms with Gasteiger partial charge in [-0.3, -0.25) is 0 Å². The summed E-state index contributed by atoms with van der Waals surface area (Å²) < 4.78 is 23.4. The first-order valence-electron chi connectivity index (χ1n) is 9.17. The van der Waals surface area contributed by atoms with Gasteiger partial charge in [-0.1, -0.05) is 49.1 Å². The molecule has 0 bridgehead atoms. The summed E-state index contributed by atoms with van der Waals surface area (Å²) in [5, 5.41) is 11.3. The molecule has 2 nitrogen and oxygen atoms in total. The Morgan fingerprint density at radius 3 is 2.35 bits per heavy atom. The van der Waals surface area contributed by atoms with Gasteiger partial charge in [0, 0.05) is 0 Å². The standard InChI is InChI=1S/C18H30NO/c1-15-8-10-16(11-9-15)17(14-19(2,3)4)18(20)12-6-5-7-13-18/h8-11,17,20H,5-7,12-14H2,1-4H3/q+1/i2D3. The zero-order valence-corrected chi connectivity index (χ0v) is 13.0. The fourth-order valence-electron chi connectivity index (χ4n) is 3.35. The van der Waals surface area contributed by atoms with Crippen LogP contribution < -0.4 is 0 Å². The van der Waals surface area contributed by atoms with Crippen LogP contribution in [0.25, 0.3) is 0 Å². The fraction of sp³-hybridized carbons (Fsp3) is 0.667. The molecule has 112 valence electrons. The first kappa shape index (κ1) is 11.8. The van der Waals surface area contributed by atoms with Crippen LogP contribution in [-0.2, 0) is 0 Å². The van der Waals surface area contributed by atoms with Gasteiger partial charge in [-0.25, -0.2) is 0 Å². The van der Waals surface area contributed by atoms with Gasteiger partial charge < -0.3 is 9.59 Å². The predicted molar refractivity (Wildman–Crippen MR) is 84.9 cm³/mol. The van der Waals surface area contributed by atoms with E-state index in [1.54, 1.807) is 14.1 Å². The highest BCUT2D eigenvalue weighted by Gasteiger charge is 2.41. The Balaban J connectivity index is 2.37. The molecule has 0 spiro atoms. The van der Waals surface area contributed by atoms with Gasteiger partial charge in [0.25, 0.3) is 0 Å². The lowest BCUT2D eigenvalue weighted by molar-refractivity contribution is -0.872. The van der Waals surface area contributed by atoms with Crippen LogP contribution in [0.15, 0.2) is 24.3 Å². The van der Waals surface area contributed by atoms with Crippen molar-refractivity contribution in [1.82, 2.24) is 0 Å². The highest BCUT2D eigenvalue weighted by Crippen LogP contribution is 2.40. The smallest absolute Gasteiger partial charge is 0.0886 e. The Hall–Kier alpha value is -0.860. The van der Waals surface area contributed by atoms with E-state index in [0.717, 1.165) is 37.7 Å². The minimum absolute atomic E-state index is 0.0894. The first-order valence-corrected chi connectivity index (χ1v) is 7.67. The van der Waals surface area contributed by atoms with E-state index in [-0.39, 0.29) is 10.4 Å². The average Bonchev–Trinajstić information content (AvgIpc) is 2.45. The quantitative estimate of drug-likeness (QED) is 0.837. The normalized spacial score (nSPS) is 23.5. The molecule has 1 unspecified atom stereocenters. The first-order chi connectivity index (χ1) is 10.6. The SMILES string of the molecule is [2H]C([2H])([2H])[N+](C)(C)CC(c1ccc(C)cc1)C1(O)CCCCC1. The van der Waals surface area contributed by atoms with Gasteiger partial charge in [-0.2, -0.15) is 0 Å². The summed E-state index contributed by atoms with van der Waals surface area (Å²) in [4.78, 5) is 0. The number of rotatable bonds is 4.